The molecule has 1 aliphatic carbocycles. The van der Waals surface area contributed by atoms with Gasteiger partial charge in [-0.3, -0.25) is 14.6 Å². The Morgan fingerprint density at radius 1 is 1.10 bits per heavy atom. The minimum Gasteiger partial charge on any atom is -0.339 e. The molecule has 2 aromatic rings. The van der Waals surface area contributed by atoms with E-state index in [0.717, 1.165) is 48.9 Å². The van der Waals surface area contributed by atoms with E-state index in [1.54, 1.807) is 6.20 Å². The smallest absolute Gasteiger partial charge is 0.245 e. The molecule has 2 fully saturated rings. The summed E-state index contributed by atoms with van der Waals surface area (Å²) in [7, 11) is 0. The number of aromatic nitrogens is 1. The van der Waals surface area contributed by atoms with Crippen molar-refractivity contribution in [1.29, 1.82) is 0 Å². The standard InChI is InChI=1S/C24H29N3O2/c1-2-13-26-14-15-27(23(28)20-5-3-6-20)22(24(26)29)16-18-8-10-19(11-9-18)21-7-4-12-25-17-21/h4,7-12,17,20,22H,2-3,5-6,13-16H2,1H3. The van der Waals surface area contributed by atoms with Crippen molar-refractivity contribution in [1.82, 2.24) is 14.8 Å². The summed E-state index contributed by atoms with van der Waals surface area (Å²) < 4.78 is 0. The molecule has 0 bridgehead atoms. The van der Waals surface area contributed by atoms with Gasteiger partial charge in [-0.2, -0.15) is 0 Å². The zero-order valence-electron chi connectivity index (χ0n) is 17.1. The highest BCUT2D eigenvalue weighted by Crippen LogP contribution is 2.30. The lowest BCUT2D eigenvalue weighted by Crippen LogP contribution is -2.60. The quantitative estimate of drug-likeness (QED) is 0.757. The molecule has 0 radical (unpaired) electrons. The van der Waals surface area contributed by atoms with Crippen LogP contribution in [0.25, 0.3) is 11.1 Å². The zero-order valence-corrected chi connectivity index (χ0v) is 17.1. The maximum Gasteiger partial charge on any atom is 0.245 e. The van der Waals surface area contributed by atoms with E-state index in [1.807, 2.05) is 28.1 Å². The van der Waals surface area contributed by atoms with Crippen molar-refractivity contribution in [2.24, 2.45) is 5.92 Å². The summed E-state index contributed by atoms with van der Waals surface area (Å²) in [5.41, 5.74) is 3.26. The largest absolute Gasteiger partial charge is 0.339 e. The van der Waals surface area contributed by atoms with E-state index in [0.29, 0.717) is 19.5 Å². The van der Waals surface area contributed by atoms with Crippen LogP contribution in [0.2, 0.25) is 0 Å². The Balaban J connectivity index is 1.53. The van der Waals surface area contributed by atoms with Gasteiger partial charge in [0, 0.05) is 44.4 Å². The third kappa shape index (κ3) is 4.19. The lowest BCUT2D eigenvalue weighted by molar-refractivity contribution is -0.155. The second-order valence-corrected chi connectivity index (χ2v) is 8.14. The predicted molar refractivity (Wildman–Crippen MR) is 113 cm³/mol. The highest BCUT2D eigenvalue weighted by Gasteiger charge is 2.40. The Hall–Kier alpha value is -2.69. The van der Waals surface area contributed by atoms with Crippen LogP contribution in [0.3, 0.4) is 0 Å². The summed E-state index contributed by atoms with van der Waals surface area (Å²) in [6, 6.07) is 11.9. The van der Waals surface area contributed by atoms with Crippen molar-refractivity contribution in [2.45, 2.75) is 45.1 Å². The Labute approximate surface area is 172 Å². The van der Waals surface area contributed by atoms with Crippen LogP contribution in [-0.2, 0) is 16.0 Å². The zero-order chi connectivity index (χ0) is 20.2. The lowest BCUT2D eigenvalue weighted by Gasteiger charge is -2.43. The van der Waals surface area contributed by atoms with Crippen molar-refractivity contribution >= 4 is 11.8 Å². The minimum absolute atomic E-state index is 0.0992. The summed E-state index contributed by atoms with van der Waals surface area (Å²) in [6.07, 6.45) is 8.19. The second-order valence-electron chi connectivity index (χ2n) is 8.14. The van der Waals surface area contributed by atoms with Gasteiger partial charge in [0.2, 0.25) is 11.8 Å². The summed E-state index contributed by atoms with van der Waals surface area (Å²) in [5, 5.41) is 0. The molecule has 0 spiro atoms. The number of piperazine rings is 1. The molecule has 2 aliphatic rings. The first kappa shape index (κ1) is 19.6. The molecule has 4 rings (SSSR count). The van der Waals surface area contributed by atoms with E-state index in [1.165, 1.54) is 0 Å². The molecule has 1 unspecified atom stereocenters. The molecule has 1 aromatic heterocycles. The average molecular weight is 392 g/mol. The van der Waals surface area contributed by atoms with E-state index < -0.39 is 0 Å². The molecule has 1 atom stereocenters. The number of benzene rings is 1. The first-order chi connectivity index (χ1) is 14.2. The fourth-order valence-corrected chi connectivity index (χ4v) is 4.27. The monoisotopic (exact) mass is 391 g/mol. The van der Waals surface area contributed by atoms with E-state index in [9.17, 15) is 9.59 Å². The number of pyridine rings is 1. The van der Waals surface area contributed by atoms with Crippen LogP contribution in [0.4, 0.5) is 0 Å². The summed E-state index contributed by atoms with van der Waals surface area (Å²) in [4.78, 5) is 34.1. The first-order valence-corrected chi connectivity index (χ1v) is 10.8. The molecule has 1 saturated carbocycles. The van der Waals surface area contributed by atoms with Gasteiger partial charge in [-0.25, -0.2) is 0 Å². The molecule has 2 heterocycles. The number of nitrogens with zero attached hydrogens (tertiary/aromatic N) is 3. The Morgan fingerprint density at radius 2 is 1.90 bits per heavy atom. The molecule has 1 aromatic carbocycles. The Morgan fingerprint density at radius 3 is 2.52 bits per heavy atom. The average Bonchev–Trinajstić information content (AvgIpc) is 2.71. The third-order valence-corrected chi connectivity index (χ3v) is 6.19. The Bertz CT molecular complexity index is 846. The Kier molecular flexibility index (Phi) is 5.93. The van der Waals surface area contributed by atoms with E-state index in [2.05, 4.69) is 36.2 Å². The van der Waals surface area contributed by atoms with Gasteiger partial charge < -0.3 is 9.80 Å². The fraction of sp³-hybridized carbons (Fsp3) is 0.458. The number of hydrogen-bond donors (Lipinski definition) is 0. The number of rotatable bonds is 6. The molecule has 152 valence electrons. The van der Waals surface area contributed by atoms with Gasteiger partial charge in [0.15, 0.2) is 0 Å². The topological polar surface area (TPSA) is 53.5 Å². The predicted octanol–water partition coefficient (Wildman–Crippen LogP) is 3.54. The van der Waals surface area contributed by atoms with Crippen molar-refractivity contribution in [3.05, 3.63) is 54.4 Å². The highest BCUT2D eigenvalue weighted by molar-refractivity contribution is 5.90. The van der Waals surface area contributed by atoms with Gasteiger partial charge in [-0.05, 0) is 42.0 Å². The molecule has 29 heavy (non-hydrogen) atoms. The van der Waals surface area contributed by atoms with Crippen LogP contribution in [0, 0.1) is 5.92 Å². The van der Waals surface area contributed by atoms with Crippen LogP contribution in [0.5, 0.6) is 0 Å². The number of carbonyl (C=O) groups excluding carboxylic acids is 2. The third-order valence-electron chi connectivity index (χ3n) is 6.19. The minimum atomic E-state index is -0.382. The van der Waals surface area contributed by atoms with Gasteiger partial charge in [0.1, 0.15) is 6.04 Å². The molecule has 0 N–H and O–H groups in total. The second kappa shape index (κ2) is 8.76. The normalized spacial score (nSPS) is 19.9. The van der Waals surface area contributed by atoms with Crippen molar-refractivity contribution < 1.29 is 9.59 Å². The molecular formula is C24H29N3O2. The van der Waals surface area contributed by atoms with Gasteiger partial charge in [0.05, 0.1) is 0 Å². The lowest BCUT2D eigenvalue weighted by atomic mass is 9.83. The van der Waals surface area contributed by atoms with Crippen molar-refractivity contribution in [3.63, 3.8) is 0 Å². The van der Waals surface area contributed by atoms with Gasteiger partial charge in [-0.15, -0.1) is 0 Å². The maximum absolute atomic E-state index is 13.2. The number of hydrogen-bond acceptors (Lipinski definition) is 3. The van der Waals surface area contributed by atoms with Crippen LogP contribution in [-0.4, -0.2) is 52.3 Å². The van der Waals surface area contributed by atoms with Crippen molar-refractivity contribution in [3.8, 4) is 11.1 Å². The van der Waals surface area contributed by atoms with Gasteiger partial charge in [-0.1, -0.05) is 43.7 Å². The molecule has 5 heteroatoms. The van der Waals surface area contributed by atoms with Crippen molar-refractivity contribution in [2.75, 3.05) is 19.6 Å². The number of amides is 2. The summed E-state index contributed by atoms with van der Waals surface area (Å²) in [5.74, 6) is 0.399. The fourth-order valence-electron chi connectivity index (χ4n) is 4.27. The van der Waals surface area contributed by atoms with Gasteiger partial charge >= 0.3 is 0 Å². The van der Waals surface area contributed by atoms with Crippen LogP contribution < -0.4 is 0 Å². The molecule has 1 saturated heterocycles. The van der Waals surface area contributed by atoms with E-state index in [4.69, 9.17) is 0 Å². The molecule has 2 amide bonds. The van der Waals surface area contributed by atoms with Crippen LogP contribution >= 0.6 is 0 Å². The molecular weight excluding hydrogens is 362 g/mol. The molecule has 5 nitrogen and oxygen atoms in total. The van der Waals surface area contributed by atoms with Crippen LogP contribution in [0.1, 0.15) is 38.2 Å². The maximum atomic E-state index is 13.2. The van der Waals surface area contributed by atoms with Crippen LogP contribution in [0.15, 0.2) is 48.8 Å². The van der Waals surface area contributed by atoms with E-state index >= 15 is 0 Å². The summed E-state index contributed by atoms with van der Waals surface area (Å²) >= 11 is 0. The van der Waals surface area contributed by atoms with E-state index in [-0.39, 0.29) is 23.8 Å². The molecule has 1 aliphatic heterocycles. The SMILES string of the molecule is CCCN1CCN(C(=O)C2CCC2)C(Cc2ccc(-c3cccnc3)cc2)C1=O. The highest BCUT2D eigenvalue weighted by atomic mass is 16.2. The van der Waals surface area contributed by atoms with Gasteiger partial charge in [0.25, 0.3) is 0 Å². The first-order valence-electron chi connectivity index (χ1n) is 10.8. The summed E-state index contributed by atoms with van der Waals surface area (Å²) in [6.45, 7) is 4.16. The number of carbonyl (C=O) groups is 2.